The highest BCUT2D eigenvalue weighted by Crippen LogP contribution is 2.52. The first-order valence-corrected chi connectivity index (χ1v) is 7.40. The maximum absolute atomic E-state index is 2.57. The summed E-state index contributed by atoms with van der Waals surface area (Å²) in [5.74, 6) is 3.71. The molecule has 4 unspecified atom stereocenters. The van der Waals surface area contributed by atoms with Crippen molar-refractivity contribution >= 4 is 0 Å². The minimum Gasteiger partial charge on any atom is -0.0654 e. The highest BCUT2D eigenvalue weighted by Gasteiger charge is 2.42. The van der Waals surface area contributed by atoms with Crippen molar-refractivity contribution in [1.29, 1.82) is 0 Å². The Morgan fingerprint density at radius 3 is 2.12 bits per heavy atom. The first-order chi connectivity index (χ1) is 7.40. The Labute approximate surface area is 103 Å². The van der Waals surface area contributed by atoms with Crippen LogP contribution in [-0.4, -0.2) is 0 Å². The van der Waals surface area contributed by atoms with Gasteiger partial charge in [0.1, 0.15) is 0 Å². The quantitative estimate of drug-likeness (QED) is 0.557. The zero-order chi connectivity index (χ0) is 12.3. The summed E-state index contributed by atoms with van der Waals surface area (Å²) in [6, 6.07) is 0. The molecule has 0 N–H and O–H groups in total. The zero-order valence-electron chi connectivity index (χ0n) is 12.3. The van der Waals surface area contributed by atoms with E-state index in [1.165, 1.54) is 32.1 Å². The van der Waals surface area contributed by atoms with Gasteiger partial charge in [-0.05, 0) is 48.3 Å². The molecule has 1 fully saturated rings. The van der Waals surface area contributed by atoms with Crippen molar-refractivity contribution in [2.24, 2.45) is 29.1 Å². The largest absolute Gasteiger partial charge is 0.0654 e. The molecule has 1 saturated carbocycles. The molecule has 16 heavy (non-hydrogen) atoms. The summed E-state index contributed by atoms with van der Waals surface area (Å²) in [4.78, 5) is 0. The molecule has 96 valence electrons. The first-order valence-electron chi connectivity index (χ1n) is 7.40. The summed E-state index contributed by atoms with van der Waals surface area (Å²) < 4.78 is 0. The molecule has 0 saturated heterocycles. The molecule has 0 aromatic heterocycles. The van der Waals surface area contributed by atoms with E-state index in [0.29, 0.717) is 5.41 Å². The number of hydrogen-bond acceptors (Lipinski definition) is 0. The molecule has 0 bridgehead atoms. The normalized spacial score (nSPS) is 30.9. The first kappa shape index (κ1) is 14.1. The molecule has 0 nitrogen and oxygen atoms in total. The van der Waals surface area contributed by atoms with Crippen LogP contribution in [0.25, 0.3) is 0 Å². The van der Waals surface area contributed by atoms with Gasteiger partial charge in [0.25, 0.3) is 0 Å². The van der Waals surface area contributed by atoms with Gasteiger partial charge < -0.3 is 0 Å². The lowest BCUT2D eigenvalue weighted by Crippen LogP contribution is -2.40. The molecule has 1 aliphatic rings. The summed E-state index contributed by atoms with van der Waals surface area (Å²) in [7, 11) is 0. The van der Waals surface area contributed by atoms with Gasteiger partial charge in [-0.3, -0.25) is 0 Å². The highest BCUT2D eigenvalue weighted by atomic mass is 14.5. The van der Waals surface area contributed by atoms with Gasteiger partial charge in [0.2, 0.25) is 0 Å². The van der Waals surface area contributed by atoms with E-state index in [9.17, 15) is 0 Å². The Morgan fingerprint density at radius 2 is 1.81 bits per heavy atom. The van der Waals surface area contributed by atoms with E-state index in [2.05, 4.69) is 41.5 Å². The van der Waals surface area contributed by atoms with Crippen LogP contribution in [0.5, 0.6) is 0 Å². The average molecular weight is 224 g/mol. The molecule has 0 radical (unpaired) electrons. The Balaban J connectivity index is 2.64. The summed E-state index contributed by atoms with van der Waals surface area (Å²) >= 11 is 0. The van der Waals surface area contributed by atoms with Gasteiger partial charge in [0, 0.05) is 0 Å². The minimum absolute atomic E-state index is 0.621. The van der Waals surface area contributed by atoms with Crippen molar-refractivity contribution in [3.05, 3.63) is 0 Å². The molecule has 4 atom stereocenters. The summed E-state index contributed by atoms with van der Waals surface area (Å²) in [5.41, 5.74) is 0.621. The summed E-state index contributed by atoms with van der Waals surface area (Å²) in [6.07, 6.45) is 7.18. The van der Waals surface area contributed by atoms with Crippen LogP contribution in [0.4, 0.5) is 0 Å². The predicted molar refractivity (Wildman–Crippen MR) is 73.5 cm³/mol. The van der Waals surface area contributed by atoms with Crippen LogP contribution in [0.2, 0.25) is 0 Å². The second-order valence-corrected chi connectivity index (χ2v) is 6.99. The molecule has 1 aliphatic carbocycles. The Morgan fingerprint density at radius 1 is 1.19 bits per heavy atom. The van der Waals surface area contributed by atoms with Crippen molar-refractivity contribution < 1.29 is 0 Å². The van der Waals surface area contributed by atoms with Gasteiger partial charge in [-0.2, -0.15) is 0 Å². The van der Waals surface area contributed by atoms with Crippen molar-refractivity contribution in [2.75, 3.05) is 0 Å². The number of rotatable bonds is 6. The van der Waals surface area contributed by atoms with Crippen molar-refractivity contribution in [1.82, 2.24) is 0 Å². The Kier molecular flexibility index (Phi) is 4.88. The van der Waals surface area contributed by atoms with Crippen LogP contribution in [0.3, 0.4) is 0 Å². The van der Waals surface area contributed by atoms with E-state index >= 15 is 0 Å². The second-order valence-electron chi connectivity index (χ2n) is 6.99. The maximum atomic E-state index is 2.57. The molecule has 0 spiro atoms. The molecule has 0 aromatic rings. The Bertz CT molecular complexity index is 206. The van der Waals surface area contributed by atoms with E-state index < -0.39 is 0 Å². The van der Waals surface area contributed by atoms with Gasteiger partial charge in [0.15, 0.2) is 0 Å². The molecule has 0 heteroatoms. The molecule has 1 rings (SSSR count). The summed E-state index contributed by atoms with van der Waals surface area (Å²) in [6.45, 7) is 14.6. The van der Waals surface area contributed by atoms with Gasteiger partial charge >= 0.3 is 0 Å². The lowest BCUT2D eigenvalue weighted by molar-refractivity contribution is 0.00888. The minimum atomic E-state index is 0.621. The molecule has 0 heterocycles. The fourth-order valence-corrected chi connectivity index (χ4v) is 3.68. The number of hydrogen-bond donors (Lipinski definition) is 0. The fourth-order valence-electron chi connectivity index (χ4n) is 3.68. The van der Waals surface area contributed by atoms with E-state index in [0.717, 1.165) is 23.7 Å². The zero-order valence-corrected chi connectivity index (χ0v) is 12.3. The molecular weight excluding hydrogens is 192 g/mol. The van der Waals surface area contributed by atoms with E-state index in [-0.39, 0.29) is 0 Å². The standard InChI is InChI=1S/C16H32/c1-7-10-16(6,11-14(5)12(2)3)15-9-8-13(15)4/h12-15H,7-11H2,1-6H3. The predicted octanol–water partition coefficient (Wildman–Crippen LogP) is 5.52. The maximum Gasteiger partial charge on any atom is -0.0292 e. The van der Waals surface area contributed by atoms with E-state index in [1.54, 1.807) is 0 Å². The van der Waals surface area contributed by atoms with Crippen LogP contribution in [0.15, 0.2) is 0 Å². The fraction of sp³-hybridized carbons (Fsp3) is 1.00. The molecule has 0 amide bonds. The third-order valence-electron chi connectivity index (χ3n) is 5.26. The van der Waals surface area contributed by atoms with Crippen LogP contribution in [-0.2, 0) is 0 Å². The van der Waals surface area contributed by atoms with Gasteiger partial charge in [-0.1, -0.05) is 54.4 Å². The third kappa shape index (κ3) is 3.02. The third-order valence-corrected chi connectivity index (χ3v) is 5.26. The SMILES string of the molecule is CCCC(C)(CC(C)C(C)C)C1CCC1C. The second kappa shape index (κ2) is 5.56. The van der Waals surface area contributed by atoms with Crippen molar-refractivity contribution in [2.45, 2.75) is 73.6 Å². The van der Waals surface area contributed by atoms with E-state index in [4.69, 9.17) is 0 Å². The lowest BCUT2D eigenvalue weighted by atomic mass is 9.56. The Hall–Kier alpha value is 0. The molecule has 0 aromatic carbocycles. The van der Waals surface area contributed by atoms with Gasteiger partial charge in [-0.15, -0.1) is 0 Å². The molecule has 0 aliphatic heterocycles. The van der Waals surface area contributed by atoms with Crippen LogP contribution < -0.4 is 0 Å². The topological polar surface area (TPSA) is 0 Å². The lowest BCUT2D eigenvalue weighted by Gasteiger charge is -2.49. The van der Waals surface area contributed by atoms with Crippen LogP contribution >= 0.6 is 0 Å². The van der Waals surface area contributed by atoms with Crippen LogP contribution in [0, 0.1) is 29.1 Å². The average Bonchev–Trinajstić information content (AvgIpc) is 2.14. The highest BCUT2D eigenvalue weighted by molar-refractivity contribution is 4.92. The molecular formula is C16H32. The van der Waals surface area contributed by atoms with Crippen LogP contribution in [0.1, 0.15) is 73.6 Å². The smallest absolute Gasteiger partial charge is 0.0292 e. The monoisotopic (exact) mass is 224 g/mol. The van der Waals surface area contributed by atoms with Gasteiger partial charge in [0.05, 0.1) is 0 Å². The van der Waals surface area contributed by atoms with Gasteiger partial charge in [-0.25, -0.2) is 0 Å². The van der Waals surface area contributed by atoms with E-state index in [1.807, 2.05) is 0 Å². The van der Waals surface area contributed by atoms with Crippen molar-refractivity contribution in [3.63, 3.8) is 0 Å². The van der Waals surface area contributed by atoms with Crippen molar-refractivity contribution in [3.8, 4) is 0 Å². The summed E-state index contributed by atoms with van der Waals surface area (Å²) in [5, 5.41) is 0.